The Morgan fingerprint density at radius 1 is 1.29 bits per heavy atom. The number of amides is 1. The van der Waals surface area contributed by atoms with E-state index in [0.29, 0.717) is 6.54 Å². The topological polar surface area (TPSA) is 72.5 Å². The van der Waals surface area contributed by atoms with E-state index in [9.17, 15) is 4.79 Å². The van der Waals surface area contributed by atoms with Gasteiger partial charge in [-0.15, -0.1) is 5.53 Å². The Morgan fingerprint density at radius 3 is 2.86 bits per heavy atom. The Morgan fingerprint density at radius 2 is 2.14 bits per heavy atom. The molecule has 0 aliphatic carbocycles. The maximum absolute atomic E-state index is 12.3. The maximum Gasteiger partial charge on any atom is 0.251 e. The molecular formula is C21H26N6O. The number of nitrogens with zero attached hydrogens (tertiary/aromatic N) is 3. The Kier molecular flexibility index (Phi) is 4.92. The molecule has 28 heavy (non-hydrogen) atoms. The molecule has 0 bridgehead atoms. The molecule has 0 saturated carbocycles. The molecule has 7 nitrogen and oxygen atoms in total. The van der Waals surface area contributed by atoms with Crippen LogP contribution in [0.3, 0.4) is 0 Å². The van der Waals surface area contributed by atoms with Crippen LogP contribution in [0.4, 0.5) is 5.82 Å². The lowest BCUT2D eigenvalue weighted by molar-refractivity contribution is 0.0962. The number of hydrazine groups is 2. The third-order valence-corrected chi connectivity index (χ3v) is 5.39. The van der Waals surface area contributed by atoms with E-state index in [1.807, 2.05) is 24.1 Å². The number of rotatable bonds is 4. The van der Waals surface area contributed by atoms with Crippen LogP contribution in [0.2, 0.25) is 0 Å². The second-order valence-corrected chi connectivity index (χ2v) is 7.06. The molecule has 146 valence electrons. The molecule has 0 atom stereocenters. The van der Waals surface area contributed by atoms with E-state index < -0.39 is 0 Å². The van der Waals surface area contributed by atoms with Gasteiger partial charge in [-0.05, 0) is 49.6 Å². The fourth-order valence-corrected chi connectivity index (χ4v) is 3.79. The van der Waals surface area contributed by atoms with Gasteiger partial charge in [0.2, 0.25) is 0 Å². The Balaban J connectivity index is 1.60. The van der Waals surface area contributed by atoms with Crippen LogP contribution >= 0.6 is 0 Å². The summed E-state index contributed by atoms with van der Waals surface area (Å²) in [7, 11) is 1.67. The zero-order valence-electron chi connectivity index (χ0n) is 16.5. The second kappa shape index (κ2) is 7.52. The predicted molar refractivity (Wildman–Crippen MR) is 110 cm³/mol. The third-order valence-electron chi connectivity index (χ3n) is 5.39. The number of pyridine rings is 1. The minimum atomic E-state index is -0.0367. The summed E-state index contributed by atoms with van der Waals surface area (Å²) in [5, 5.41) is 4.74. The SMILES string of the molecule is CCN1C=C(c2ccc(N3CCc4cccc(C(=O)NC)c4C3)nc2C)NN1. The van der Waals surface area contributed by atoms with Crippen molar-refractivity contribution >= 4 is 17.4 Å². The van der Waals surface area contributed by atoms with Crippen LogP contribution < -0.4 is 21.2 Å². The van der Waals surface area contributed by atoms with E-state index >= 15 is 0 Å². The number of aryl methyl sites for hydroxylation is 1. The zero-order chi connectivity index (χ0) is 19.7. The number of carbonyl (C=O) groups excluding carboxylic acids is 1. The fraction of sp³-hybridized carbons (Fsp3) is 0.333. The lowest BCUT2D eigenvalue weighted by Gasteiger charge is -2.31. The summed E-state index contributed by atoms with van der Waals surface area (Å²) in [5.41, 5.74) is 12.5. The molecule has 7 heteroatoms. The molecule has 1 amide bonds. The van der Waals surface area contributed by atoms with E-state index in [1.54, 1.807) is 7.05 Å². The summed E-state index contributed by atoms with van der Waals surface area (Å²) < 4.78 is 0. The van der Waals surface area contributed by atoms with Crippen LogP contribution in [0.1, 0.15) is 39.7 Å². The van der Waals surface area contributed by atoms with Crippen molar-refractivity contribution in [2.75, 3.05) is 25.0 Å². The fourth-order valence-electron chi connectivity index (χ4n) is 3.79. The average molecular weight is 378 g/mol. The van der Waals surface area contributed by atoms with Crippen LogP contribution in [0.5, 0.6) is 0 Å². The summed E-state index contributed by atoms with van der Waals surface area (Å²) in [4.78, 5) is 19.4. The van der Waals surface area contributed by atoms with Gasteiger partial charge in [0, 0.05) is 49.7 Å². The van der Waals surface area contributed by atoms with Crippen LogP contribution in [0.15, 0.2) is 36.5 Å². The molecule has 0 spiro atoms. The van der Waals surface area contributed by atoms with E-state index in [0.717, 1.165) is 53.4 Å². The van der Waals surface area contributed by atoms with Gasteiger partial charge in [-0.3, -0.25) is 9.80 Å². The predicted octanol–water partition coefficient (Wildman–Crippen LogP) is 1.96. The molecule has 3 N–H and O–H groups in total. The number of carbonyl (C=O) groups is 1. The van der Waals surface area contributed by atoms with Gasteiger partial charge >= 0.3 is 0 Å². The van der Waals surface area contributed by atoms with E-state index in [-0.39, 0.29) is 5.91 Å². The minimum absolute atomic E-state index is 0.0367. The molecule has 2 aliphatic heterocycles. The molecular weight excluding hydrogens is 352 g/mol. The van der Waals surface area contributed by atoms with E-state index in [1.165, 1.54) is 5.56 Å². The van der Waals surface area contributed by atoms with Crippen LogP contribution in [-0.2, 0) is 13.0 Å². The zero-order valence-corrected chi connectivity index (χ0v) is 16.5. The first-order valence-corrected chi connectivity index (χ1v) is 9.66. The molecule has 2 aromatic rings. The first-order chi connectivity index (χ1) is 13.6. The smallest absolute Gasteiger partial charge is 0.251 e. The van der Waals surface area contributed by atoms with E-state index in [4.69, 9.17) is 4.98 Å². The van der Waals surface area contributed by atoms with Crippen molar-refractivity contribution in [2.45, 2.75) is 26.8 Å². The van der Waals surface area contributed by atoms with Gasteiger partial charge in [-0.1, -0.05) is 12.1 Å². The van der Waals surface area contributed by atoms with Gasteiger partial charge in [0.15, 0.2) is 0 Å². The monoisotopic (exact) mass is 378 g/mol. The molecule has 2 aliphatic rings. The normalized spacial score (nSPS) is 15.8. The van der Waals surface area contributed by atoms with Gasteiger partial charge in [-0.25, -0.2) is 4.98 Å². The second-order valence-electron chi connectivity index (χ2n) is 7.06. The van der Waals surface area contributed by atoms with Crippen molar-refractivity contribution in [3.8, 4) is 0 Å². The largest absolute Gasteiger partial charge is 0.355 e. The number of hydrogen-bond donors (Lipinski definition) is 3. The number of aromatic nitrogens is 1. The Labute approximate surface area is 165 Å². The first-order valence-electron chi connectivity index (χ1n) is 9.66. The summed E-state index contributed by atoms with van der Waals surface area (Å²) in [6.45, 7) is 6.58. The summed E-state index contributed by atoms with van der Waals surface area (Å²) in [6.07, 6.45) is 2.96. The number of anilines is 1. The highest BCUT2D eigenvalue weighted by atomic mass is 16.1. The van der Waals surface area contributed by atoms with Crippen molar-refractivity contribution in [3.05, 3.63) is 64.5 Å². The standard InChI is InChI=1S/C21H26N6O/c1-4-27-13-19(24-25-27)16-8-9-20(23-14(16)2)26-11-10-15-6-5-7-17(18(15)12-26)21(28)22-3/h5-9,13,24-25H,4,10-12H2,1-3H3,(H,22,28). The summed E-state index contributed by atoms with van der Waals surface area (Å²) in [6, 6.07) is 10.1. The molecule has 1 aromatic carbocycles. The molecule has 4 rings (SSSR count). The molecule has 3 heterocycles. The Hall–Kier alpha value is -3.06. The average Bonchev–Trinajstić information content (AvgIpc) is 3.21. The Bertz CT molecular complexity index is 938. The third kappa shape index (κ3) is 3.29. The highest BCUT2D eigenvalue weighted by Gasteiger charge is 2.23. The molecule has 0 radical (unpaired) electrons. The van der Waals surface area contributed by atoms with Crippen molar-refractivity contribution in [3.63, 3.8) is 0 Å². The molecule has 0 unspecified atom stereocenters. The number of hydrogen-bond acceptors (Lipinski definition) is 6. The molecule has 0 fully saturated rings. The van der Waals surface area contributed by atoms with Gasteiger partial charge in [0.25, 0.3) is 5.91 Å². The maximum atomic E-state index is 12.3. The van der Waals surface area contributed by atoms with Gasteiger partial charge < -0.3 is 15.6 Å². The van der Waals surface area contributed by atoms with Crippen LogP contribution in [-0.4, -0.2) is 36.0 Å². The summed E-state index contributed by atoms with van der Waals surface area (Å²) in [5.74, 6) is 0.905. The van der Waals surface area contributed by atoms with Gasteiger partial charge in [0.05, 0.1) is 5.70 Å². The minimum Gasteiger partial charge on any atom is -0.355 e. The summed E-state index contributed by atoms with van der Waals surface area (Å²) >= 11 is 0. The highest BCUT2D eigenvalue weighted by molar-refractivity contribution is 5.96. The van der Waals surface area contributed by atoms with Crippen LogP contribution in [0.25, 0.3) is 5.70 Å². The lowest BCUT2D eigenvalue weighted by atomic mass is 9.94. The molecule has 0 saturated heterocycles. The van der Waals surface area contributed by atoms with Crippen molar-refractivity contribution in [1.82, 2.24) is 26.3 Å². The number of nitrogens with one attached hydrogen (secondary N) is 3. The first kappa shape index (κ1) is 18.3. The van der Waals surface area contributed by atoms with E-state index in [2.05, 4.69) is 52.5 Å². The van der Waals surface area contributed by atoms with Crippen LogP contribution in [0, 0.1) is 6.92 Å². The van der Waals surface area contributed by atoms with Crippen molar-refractivity contribution in [1.29, 1.82) is 0 Å². The van der Waals surface area contributed by atoms with Crippen molar-refractivity contribution in [2.24, 2.45) is 0 Å². The van der Waals surface area contributed by atoms with Gasteiger partial charge in [0.1, 0.15) is 5.82 Å². The molecule has 1 aromatic heterocycles. The van der Waals surface area contributed by atoms with Crippen molar-refractivity contribution < 1.29 is 4.79 Å². The highest BCUT2D eigenvalue weighted by Crippen LogP contribution is 2.28. The quantitative estimate of drug-likeness (QED) is 0.755. The lowest BCUT2D eigenvalue weighted by Crippen LogP contribution is -2.36. The van der Waals surface area contributed by atoms with Gasteiger partial charge in [-0.2, -0.15) is 0 Å². The number of benzene rings is 1. The number of fused-ring (bicyclic) bond motifs is 1.